The lowest BCUT2D eigenvalue weighted by Gasteiger charge is -2.06. The Morgan fingerprint density at radius 3 is 2.36 bits per heavy atom. The van der Waals surface area contributed by atoms with Gasteiger partial charge in [-0.05, 0) is 30.6 Å². The Kier molecular flexibility index (Phi) is 4.45. The van der Waals surface area contributed by atoms with Crippen molar-refractivity contribution in [2.75, 3.05) is 18.4 Å². The summed E-state index contributed by atoms with van der Waals surface area (Å²) < 4.78 is 0. The van der Waals surface area contributed by atoms with Crippen molar-refractivity contribution in [1.29, 1.82) is 0 Å². The van der Waals surface area contributed by atoms with Gasteiger partial charge >= 0.3 is 7.12 Å². The molecule has 0 amide bonds. The van der Waals surface area contributed by atoms with Crippen molar-refractivity contribution in [2.45, 2.75) is 6.42 Å². The molecule has 0 radical (unpaired) electrons. The molecule has 0 bridgehead atoms. The SMILES string of the molecule is NCCCNc1ccc(B(O)O)cc1. The van der Waals surface area contributed by atoms with E-state index in [0.717, 1.165) is 18.7 Å². The van der Waals surface area contributed by atoms with Crippen molar-refractivity contribution in [3.8, 4) is 0 Å². The van der Waals surface area contributed by atoms with Crippen LogP contribution in [0.2, 0.25) is 0 Å². The van der Waals surface area contributed by atoms with Crippen molar-refractivity contribution in [3.05, 3.63) is 24.3 Å². The molecule has 1 aromatic rings. The molecule has 1 aromatic carbocycles. The summed E-state index contributed by atoms with van der Waals surface area (Å²) in [4.78, 5) is 0. The molecular weight excluding hydrogens is 179 g/mol. The second-order valence-electron chi connectivity index (χ2n) is 3.06. The first-order valence-electron chi connectivity index (χ1n) is 4.64. The average molecular weight is 194 g/mol. The van der Waals surface area contributed by atoms with E-state index in [0.29, 0.717) is 12.0 Å². The molecule has 0 unspecified atom stereocenters. The largest absolute Gasteiger partial charge is 0.488 e. The van der Waals surface area contributed by atoms with E-state index in [2.05, 4.69) is 5.32 Å². The van der Waals surface area contributed by atoms with Crippen LogP contribution < -0.4 is 16.5 Å². The topological polar surface area (TPSA) is 78.5 Å². The smallest absolute Gasteiger partial charge is 0.423 e. The number of rotatable bonds is 5. The molecule has 0 aliphatic carbocycles. The molecule has 0 atom stereocenters. The first-order chi connectivity index (χ1) is 6.74. The Hall–Kier alpha value is -1.04. The van der Waals surface area contributed by atoms with Crippen LogP contribution in [0.5, 0.6) is 0 Å². The van der Waals surface area contributed by atoms with E-state index in [-0.39, 0.29) is 0 Å². The molecule has 5 N–H and O–H groups in total. The maximum atomic E-state index is 8.85. The van der Waals surface area contributed by atoms with Gasteiger partial charge in [0.05, 0.1) is 0 Å². The van der Waals surface area contributed by atoms with E-state index in [4.69, 9.17) is 15.8 Å². The van der Waals surface area contributed by atoms with E-state index >= 15 is 0 Å². The van der Waals surface area contributed by atoms with Gasteiger partial charge in [-0.2, -0.15) is 0 Å². The van der Waals surface area contributed by atoms with Gasteiger partial charge in [0, 0.05) is 12.2 Å². The average Bonchev–Trinajstić information content (AvgIpc) is 2.19. The zero-order chi connectivity index (χ0) is 10.4. The number of nitrogens with one attached hydrogen (secondary N) is 1. The molecule has 0 aliphatic rings. The molecule has 0 fully saturated rings. The fraction of sp³-hybridized carbons (Fsp3) is 0.333. The highest BCUT2D eigenvalue weighted by atomic mass is 16.4. The Labute approximate surface area is 83.9 Å². The molecule has 0 aromatic heterocycles. The molecule has 0 aliphatic heterocycles. The fourth-order valence-electron chi connectivity index (χ4n) is 1.11. The van der Waals surface area contributed by atoms with Crippen LogP contribution in [-0.4, -0.2) is 30.3 Å². The number of anilines is 1. The molecule has 0 heterocycles. The Balaban J connectivity index is 2.47. The van der Waals surface area contributed by atoms with Gasteiger partial charge in [-0.3, -0.25) is 0 Å². The molecule has 5 heteroatoms. The fourth-order valence-corrected chi connectivity index (χ4v) is 1.11. The number of hydrogen-bond acceptors (Lipinski definition) is 4. The lowest BCUT2D eigenvalue weighted by molar-refractivity contribution is 0.426. The normalized spacial score (nSPS) is 9.93. The maximum absolute atomic E-state index is 8.85. The number of benzene rings is 1. The summed E-state index contributed by atoms with van der Waals surface area (Å²) in [5, 5.41) is 20.9. The molecular formula is C9H15BN2O2. The Morgan fingerprint density at radius 1 is 1.21 bits per heavy atom. The lowest BCUT2D eigenvalue weighted by atomic mass is 9.80. The summed E-state index contributed by atoms with van der Waals surface area (Å²) >= 11 is 0. The number of hydrogen-bond donors (Lipinski definition) is 4. The molecule has 1 rings (SSSR count). The van der Waals surface area contributed by atoms with Crippen molar-refractivity contribution in [3.63, 3.8) is 0 Å². The summed E-state index contributed by atoms with van der Waals surface area (Å²) in [5.74, 6) is 0. The monoisotopic (exact) mass is 194 g/mol. The molecule has 4 nitrogen and oxygen atoms in total. The molecule has 0 saturated carbocycles. The van der Waals surface area contributed by atoms with Gasteiger partial charge < -0.3 is 21.1 Å². The van der Waals surface area contributed by atoms with Gasteiger partial charge in [0.15, 0.2) is 0 Å². The third-order valence-electron chi connectivity index (χ3n) is 1.92. The minimum absolute atomic E-state index is 0.495. The first-order valence-corrected chi connectivity index (χ1v) is 4.64. The van der Waals surface area contributed by atoms with Crippen molar-refractivity contribution >= 4 is 18.3 Å². The highest BCUT2D eigenvalue weighted by molar-refractivity contribution is 6.58. The van der Waals surface area contributed by atoms with Gasteiger partial charge in [-0.1, -0.05) is 12.1 Å². The van der Waals surface area contributed by atoms with Gasteiger partial charge in [-0.25, -0.2) is 0 Å². The molecule has 0 saturated heterocycles. The Bertz CT molecular complexity index is 264. The molecule has 14 heavy (non-hydrogen) atoms. The zero-order valence-electron chi connectivity index (χ0n) is 7.98. The van der Waals surface area contributed by atoms with Gasteiger partial charge in [-0.15, -0.1) is 0 Å². The minimum atomic E-state index is -1.40. The minimum Gasteiger partial charge on any atom is -0.423 e. The highest BCUT2D eigenvalue weighted by Gasteiger charge is 2.09. The highest BCUT2D eigenvalue weighted by Crippen LogP contribution is 2.03. The molecule has 0 spiro atoms. The predicted octanol–water partition coefficient (Wildman–Crippen LogP) is -0.873. The predicted molar refractivity (Wildman–Crippen MR) is 58.4 cm³/mol. The second-order valence-corrected chi connectivity index (χ2v) is 3.06. The maximum Gasteiger partial charge on any atom is 0.488 e. The lowest BCUT2D eigenvalue weighted by Crippen LogP contribution is -2.29. The van der Waals surface area contributed by atoms with Gasteiger partial charge in [0.2, 0.25) is 0 Å². The Morgan fingerprint density at radius 2 is 1.86 bits per heavy atom. The summed E-state index contributed by atoms with van der Waals surface area (Å²) in [7, 11) is -1.40. The van der Waals surface area contributed by atoms with Crippen LogP contribution in [0.15, 0.2) is 24.3 Å². The van der Waals surface area contributed by atoms with E-state index in [9.17, 15) is 0 Å². The van der Waals surface area contributed by atoms with Crippen molar-refractivity contribution in [2.24, 2.45) is 5.73 Å². The van der Waals surface area contributed by atoms with Crippen LogP contribution >= 0.6 is 0 Å². The van der Waals surface area contributed by atoms with Crippen molar-refractivity contribution in [1.82, 2.24) is 0 Å². The van der Waals surface area contributed by atoms with Gasteiger partial charge in [0.25, 0.3) is 0 Å². The van der Waals surface area contributed by atoms with E-state index in [1.54, 1.807) is 12.1 Å². The van der Waals surface area contributed by atoms with Gasteiger partial charge in [0.1, 0.15) is 0 Å². The summed E-state index contributed by atoms with van der Waals surface area (Å²) in [6.45, 7) is 1.50. The van der Waals surface area contributed by atoms with E-state index in [1.165, 1.54) is 0 Å². The number of nitrogens with two attached hydrogens (primary N) is 1. The first kappa shape index (κ1) is 11.0. The van der Waals surface area contributed by atoms with Crippen LogP contribution in [0, 0.1) is 0 Å². The second kappa shape index (κ2) is 5.64. The van der Waals surface area contributed by atoms with E-state index < -0.39 is 7.12 Å². The van der Waals surface area contributed by atoms with Crippen LogP contribution in [0.4, 0.5) is 5.69 Å². The molecule has 76 valence electrons. The summed E-state index contributed by atoms with van der Waals surface area (Å²) in [5.41, 5.74) is 6.81. The standard InChI is InChI=1S/C9H15BN2O2/c11-6-1-7-12-9-4-2-8(3-5-9)10(13)14/h2-5,12-14H,1,6-7,11H2. The van der Waals surface area contributed by atoms with Crippen LogP contribution in [0.3, 0.4) is 0 Å². The third kappa shape index (κ3) is 3.37. The van der Waals surface area contributed by atoms with Crippen LogP contribution in [0.1, 0.15) is 6.42 Å². The van der Waals surface area contributed by atoms with E-state index in [1.807, 2.05) is 12.1 Å². The zero-order valence-corrected chi connectivity index (χ0v) is 7.98. The van der Waals surface area contributed by atoms with Crippen molar-refractivity contribution < 1.29 is 10.0 Å². The quantitative estimate of drug-likeness (QED) is 0.363. The summed E-state index contributed by atoms with van der Waals surface area (Å²) in [6.07, 6.45) is 0.921. The van der Waals surface area contributed by atoms with Crippen LogP contribution in [-0.2, 0) is 0 Å². The third-order valence-corrected chi connectivity index (χ3v) is 1.92. The summed E-state index contributed by atoms with van der Waals surface area (Å²) in [6, 6.07) is 6.97. The van der Waals surface area contributed by atoms with Crippen LogP contribution in [0.25, 0.3) is 0 Å².